The van der Waals surface area contributed by atoms with Gasteiger partial charge in [0.2, 0.25) is 0 Å². The topological polar surface area (TPSA) is 60.9 Å². The van der Waals surface area contributed by atoms with Gasteiger partial charge >= 0.3 is 0 Å². The van der Waals surface area contributed by atoms with Gasteiger partial charge in [0.1, 0.15) is 0 Å². The summed E-state index contributed by atoms with van der Waals surface area (Å²) >= 11 is 3.33. The molecule has 0 unspecified atom stereocenters. The number of nitrogens with two attached hydrogens (primary N) is 1. The molecule has 2 rings (SSSR count). The van der Waals surface area contributed by atoms with Crippen LogP contribution in [-0.4, -0.2) is 9.55 Å². The lowest BCUT2D eigenvalue weighted by Gasteiger charge is -2.07. The standard InChI is InChI=1S/C12H12BrN3O/c1-8-4-12(17)16(7-15-8)6-9-2-3-10(13)11(14)5-9/h2-5,7H,6,14H2,1H3. The van der Waals surface area contributed by atoms with Gasteiger partial charge in [0.15, 0.2) is 0 Å². The van der Waals surface area contributed by atoms with Crippen LogP contribution in [-0.2, 0) is 6.54 Å². The van der Waals surface area contributed by atoms with E-state index >= 15 is 0 Å². The number of hydrogen-bond donors (Lipinski definition) is 1. The highest BCUT2D eigenvalue weighted by molar-refractivity contribution is 9.10. The molecule has 0 aliphatic heterocycles. The summed E-state index contributed by atoms with van der Waals surface area (Å²) in [6.45, 7) is 2.27. The Kier molecular flexibility index (Phi) is 3.28. The van der Waals surface area contributed by atoms with Crippen LogP contribution < -0.4 is 11.3 Å². The minimum absolute atomic E-state index is 0.0565. The molecule has 0 radical (unpaired) electrons. The lowest BCUT2D eigenvalue weighted by atomic mass is 10.2. The predicted molar refractivity (Wildman–Crippen MR) is 70.9 cm³/mol. The fourth-order valence-electron chi connectivity index (χ4n) is 1.52. The van der Waals surface area contributed by atoms with Gasteiger partial charge in [-0.2, -0.15) is 0 Å². The van der Waals surface area contributed by atoms with Crippen molar-refractivity contribution in [3.63, 3.8) is 0 Å². The summed E-state index contributed by atoms with van der Waals surface area (Å²) in [7, 11) is 0. The van der Waals surface area contributed by atoms with Gasteiger partial charge in [0.25, 0.3) is 5.56 Å². The van der Waals surface area contributed by atoms with Gasteiger partial charge in [0.05, 0.1) is 12.9 Å². The van der Waals surface area contributed by atoms with Crippen molar-refractivity contribution in [3.05, 3.63) is 56.7 Å². The molecule has 4 nitrogen and oxygen atoms in total. The molecule has 0 bridgehead atoms. The Morgan fingerprint density at radius 2 is 2.18 bits per heavy atom. The third-order valence-corrected chi connectivity index (χ3v) is 3.15. The van der Waals surface area contributed by atoms with Gasteiger partial charge in [-0.05, 0) is 40.5 Å². The monoisotopic (exact) mass is 293 g/mol. The lowest BCUT2D eigenvalue weighted by molar-refractivity contribution is 0.730. The first-order valence-electron chi connectivity index (χ1n) is 5.13. The zero-order valence-corrected chi connectivity index (χ0v) is 10.9. The van der Waals surface area contributed by atoms with Gasteiger partial charge in [-0.3, -0.25) is 9.36 Å². The van der Waals surface area contributed by atoms with Crippen molar-refractivity contribution in [2.45, 2.75) is 13.5 Å². The van der Waals surface area contributed by atoms with Crippen molar-refractivity contribution in [1.82, 2.24) is 9.55 Å². The molecule has 1 aromatic carbocycles. The summed E-state index contributed by atoms with van der Waals surface area (Å²) < 4.78 is 2.41. The van der Waals surface area contributed by atoms with E-state index in [1.807, 2.05) is 18.2 Å². The first kappa shape index (κ1) is 11.9. The lowest BCUT2D eigenvalue weighted by Crippen LogP contribution is -2.20. The molecule has 17 heavy (non-hydrogen) atoms. The van der Waals surface area contributed by atoms with Crippen LogP contribution in [0.25, 0.3) is 0 Å². The van der Waals surface area contributed by atoms with Crippen molar-refractivity contribution < 1.29 is 0 Å². The largest absolute Gasteiger partial charge is 0.398 e. The second kappa shape index (κ2) is 4.71. The average molecular weight is 294 g/mol. The van der Waals surface area contributed by atoms with Crippen molar-refractivity contribution >= 4 is 21.6 Å². The van der Waals surface area contributed by atoms with Gasteiger partial charge in [0, 0.05) is 21.9 Å². The molecule has 0 saturated heterocycles. The Hall–Kier alpha value is -1.62. The summed E-state index contributed by atoms with van der Waals surface area (Å²) in [5.74, 6) is 0. The maximum Gasteiger partial charge on any atom is 0.253 e. The van der Waals surface area contributed by atoms with E-state index in [1.165, 1.54) is 6.07 Å². The summed E-state index contributed by atoms with van der Waals surface area (Å²) in [6.07, 6.45) is 1.55. The number of hydrogen-bond acceptors (Lipinski definition) is 3. The molecule has 1 aromatic heterocycles. The first-order chi connectivity index (χ1) is 8.06. The number of aryl methyl sites for hydroxylation is 1. The summed E-state index contributed by atoms with van der Waals surface area (Å²) in [5.41, 5.74) is 8.09. The molecule has 2 aromatic rings. The van der Waals surface area contributed by atoms with Crippen LogP contribution in [0, 0.1) is 6.92 Å². The number of rotatable bonds is 2. The molecule has 0 aliphatic carbocycles. The second-order valence-electron chi connectivity index (χ2n) is 3.85. The average Bonchev–Trinajstić information content (AvgIpc) is 2.27. The van der Waals surface area contributed by atoms with Crippen LogP contribution in [0.5, 0.6) is 0 Å². The van der Waals surface area contributed by atoms with E-state index in [4.69, 9.17) is 5.73 Å². The zero-order chi connectivity index (χ0) is 12.4. The molecule has 0 fully saturated rings. The maximum absolute atomic E-state index is 11.7. The SMILES string of the molecule is Cc1cc(=O)n(Cc2ccc(Br)c(N)c2)cn1. The number of nitrogens with zero attached hydrogens (tertiary/aromatic N) is 2. The van der Waals surface area contributed by atoms with E-state index in [0.29, 0.717) is 12.2 Å². The number of halogens is 1. The smallest absolute Gasteiger partial charge is 0.253 e. The fraction of sp³-hybridized carbons (Fsp3) is 0.167. The Labute approximate surface area is 107 Å². The molecule has 0 aliphatic rings. The van der Waals surface area contributed by atoms with Gasteiger partial charge < -0.3 is 5.73 Å². The third-order valence-electron chi connectivity index (χ3n) is 2.43. The molecule has 1 heterocycles. The van der Waals surface area contributed by atoms with Crippen molar-refractivity contribution in [3.8, 4) is 0 Å². The Bertz CT molecular complexity index is 607. The van der Waals surface area contributed by atoms with E-state index in [1.54, 1.807) is 17.8 Å². The molecule has 0 spiro atoms. The molecule has 2 N–H and O–H groups in total. The molecule has 0 amide bonds. The highest BCUT2D eigenvalue weighted by atomic mass is 79.9. The van der Waals surface area contributed by atoms with Crippen molar-refractivity contribution in [2.75, 3.05) is 5.73 Å². The Balaban J connectivity index is 2.31. The summed E-state index contributed by atoms with van der Waals surface area (Å²) in [6, 6.07) is 7.16. The van der Waals surface area contributed by atoms with E-state index in [0.717, 1.165) is 15.7 Å². The van der Waals surface area contributed by atoms with Crippen molar-refractivity contribution in [1.29, 1.82) is 0 Å². The minimum atomic E-state index is -0.0565. The molecule has 88 valence electrons. The Morgan fingerprint density at radius 1 is 1.41 bits per heavy atom. The van der Waals surface area contributed by atoms with Crippen LogP contribution in [0.4, 0.5) is 5.69 Å². The van der Waals surface area contributed by atoms with E-state index in [2.05, 4.69) is 20.9 Å². The highest BCUT2D eigenvalue weighted by Gasteiger charge is 2.01. The minimum Gasteiger partial charge on any atom is -0.398 e. The van der Waals surface area contributed by atoms with Gasteiger partial charge in [-0.25, -0.2) is 4.98 Å². The van der Waals surface area contributed by atoms with Crippen molar-refractivity contribution in [2.24, 2.45) is 0 Å². The first-order valence-corrected chi connectivity index (χ1v) is 5.92. The van der Waals surface area contributed by atoms with E-state index in [-0.39, 0.29) is 5.56 Å². The number of anilines is 1. The van der Waals surface area contributed by atoms with Crippen LogP contribution in [0.1, 0.15) is 11.3 Å². The molecule has 5 heteroatoms. The highest BCUT2D eigenvalue weighted by Crippen LogP contribution is 2.20. The van der Waals surface area contributed by atoms with Crippen LogP contribution >= 0.6 is 15.9 Å². The fourth-order valence-corrected chi connectivity index (χ4v) is 1.77. The second-order valence-corrected chi connectivity index (χ2v) is 4.71. The number of aromatic nitrogens is 2. The Morgan fingerprint density at radius 3 is 2.82 bits per heavy atom. The molecular weight excluding hydrogens is 282 g/mol. The third kappa shape index (κ3) is 2.74. The summed E-state index contributed by atoms with van der Waals surface area (Å²) in [4.78, 5) is 15.8. The number of nitrogen functional groups attached to an aromatic ring is 1. The van der Waals surface area contributed by atoms with E-state index < -0.39 is 0 Å². The van der Waals surface area contributed by atoms with Crippen LogP contribution in [0.3, 0.4) is 0 Å². The number of benzene rings is 1. The summed E-state index contributed by atoms with van der Waals surface area (Å²) in [5, 5.41) is 0. The maximum atomic E-state index is 11.7. The quantitative estimate of drug-likeness (QED) is 0.861. The zero-order valence-electron chi connectivity index (χ0n) is 9.35. The van der Waals surface area contributed by atoms with Crippen LogP contribution in [0.15, 0.2) is 39.9 Å². The van der Waals surface area contributed by atoms with Gasteiger partial charge in [-0.15, -0.1) is 0 Å². The van der Waals surface area contributed by atoms with Crippen LogP contribution in [0.2, 0.25) is 0 Å². The van der Waals surface area contributed by atoms with E-state index in [9.17, 15) is 4.79 Å². The predicted octanol–water partition coefficient (Wildman–Crippen LogP) is 1.94. The normalized spacial score (nSPS) is 10.5. The molecular formula is C12H12BrN3O. The molecule has 0 atom stereocenters. The molecule has 0 saturated carbocycles. The van der Waals surface area contributed by atoms with Gasteiger partial charge in [-0.1, -0.05) is 6.07 Å².